The van der Waals surface area contributed by atoms with Gasteiger partial charge < -0.3 is 4.74 Å². The fourth-order valence-electron chi connectivity index (χ4n) is 2.22. The van der Waals surface area contributed by atoms with Crippen molar-refractivity contribution in [2.75, 3.05) is 0 Å². The Bertz CT molecular complexity index is 643. The van der Waals surface area contributed by atoms with Crippen molar-refractivity contribution in [1.82, 2.24) is 4.90 Å². The van der Waals surface area contributed by atoms with Crippen LogP contribution in [0, 0.1) is 11.3 Å². The standard InChI is InChI=1S/C15H15BrN2O3/c1-15(2,3)21-14(20)18-12(6-7-17)11-8-9(16)4-5-10(11)13(18)19/h4-5,8,12H,6H2,1-3H3. The smallest absolute Gasteiger partial charge is 0.417 e. The van der Waals surface area contributed by atoms with Crippen molar-refractivity contribution in [3.05, 3.63) is 33.8 Å². The second-order valence-electron chi connectivity index (χ2n) is 5.77. The number of carbonyl (C=O) groups excluding carboxylic acids is 2. The molecule has 0 N–H and O–H groups in total. The zero-order valence-electron chi connectivity index (χ0n) is 12.0. The third-order valence-electron chi connectivity index (χ3n) is 3.01. The van der Waals surface area contributed by atoms with E-state index >= 15 is 0 Å². The molecule has 0 saturated carbocycles. The molecular weight excluding hydrogens is 336 g/mol. The average molecular weight is 351 g/mol. The van der Waals surface area contributed by atoms with E-state index in [9.17, 15) is 9.59 Å². The van der Waals surface area contributed by atoms with E-state index in [1.165, 1.54) is 0 Å². The predicted octanol–water partition coefficient (Wildman–Crippen LogP) is 3.79. The normalized spacial score (nSPS) is 17.4. The van der Waals surface area contributed by atoms with Crippen LogP contribution in [0.3, 0.4) is 0 Å². The number of imide groups is 1. The summed E-state index contributed by atoms with van der Waals surface area (Å²) >= 11 is 3.34. The highest BCUT2D eigenvalue weighted by molar-refractivity contribution is 9.10. The van der Waals surface area contributed by atoms with Gasteiger partial charge in [-0.1, -0.05) is 15.9 Å². The van der Waals surface area contributed by atoms with Crippen molar-refractivity contribution in [1.29, 1.82) is 5.26 Å². The van der Waals surface area contributed by atoms with Gasteiger partial charge in [0.2, 0.25) is 0 Å². The van der Waals surface area contributed by atoms with Crippen LogP contribution in [0.1, 0.15) is 49.2 Å². The summed E-state index contributed by atoms with van der Waals surface area (Å²) in [6.07, 6.45) is -0.686. The first-order chi connectivity index (χ1) is 9.74. The fraction of sp³-hybridized carbons (Fsp3) is 0.400. The Kier molecular flexibility index (Phi) is 4.06. The third-order valence-corrected chi connectivity index (χ3v) is 3.50. The number of ether oxygens (including phenoxy) is 1. The van der Waals surface area contributed by atoms with Crippen LogP contribution in [0.15, 0.2) is 22.7 Å². The number of carbonyl (C=O) groups is 2. The minimum Gasteiger partial charge on any atom is -0.443 e. The molecule has 0 bridgehead atoms. The molecule has 2 amide bonds. The second-order valence-corrected chi connectivity index (χ2v) is 6.68. The fourth-order valence-corrected chi connectivity index (χ4v) is 2.60. The van der Waals surface area contributed by atoms with Gasteiger partial charge in [0.05, 0.1) is 18.5 Å². The lowest BCUT2D eigenvalue weighted by molar-refractivity contribution is 0.0193. The zero-order chi connectivity index (χ0) is 15.8. The number of rotatable bonds is 1. The zero-order valence-corrected chi connectivity index (χ0v) is 13.6. The Morgan fingerprint density at radius 1 is 1.48 bits per heavy atom. The van der Waals surface area contributed by atoms with E-state index in [0.29, 0.717) is 11.1 Å². The highest BCUT2D eigenvalue weighted by Crippen LogP contribution is 2.38. The van der Waals surface area contributed by atoms with Crippen LogP contribution in [-0.2, 0) is 4.74 Å². The molecule has 1 aliphatic heterocycles. The van der Waals surface area contributed by atoms with Crippen LogP contribution in [0.5, 0.6) is 0 Å². The number of hydrogen-bond acceptors (Lipinski definition) is 4. The largest absolute Gasteiger partial charge is 0.443 e. The molecule has 2 rings (SSSR count). The van der Waals surface area contributed by atoms with Crippen LogP contribution in [-0.4, -0.2) is 22.5 Å². The Morgan fingerprint density at radius 2 is 2.14 bits per heavy atom. The first-order valence-electron chi connectivity index (χ1n) is 6.47. The maximum absolute atomic E-state index is 12.4. The molecule has 1 heterocycles. The summed E-state index contributed by atoms with van der Waals surface area (Å²) in [7, 11) is 0. The molecule has 6 heteroatoms. The first kappa shape index (κ1) is 15.5. The number of hydrogen-bond donors (Lipinski definition) is 0. The molecule has 0 aromatic heterocycles. The molecule has 1 aromatic rings. The van der Waals surface area contributed by atoms with Crippen molar-refractivity contribution in [2.45, 2.75) is 38.8 Å². The number of nitrogens with zero attached hydrogens (tertiary/aromatic N) is 2. The van der Waals surface area contributed by atoms with Gasteiger partial charge in [0, 0.05) is 10.0 Å². The molecule has 0 aliphatic carbocycles. The number of amides is 2. The minimum absolute atomic E-state index is 0.0361. The van der Waals surface area contributed by atoms with Crippen LogP contribution in [0.2, 0.25) is 0 Å². The van der Waals surface area contributed by atoms with E-state index in [0.717, 1.165) is 9.37 Å². The molecule has 0 fully saturated rings. The van der Waals surface area contributed by atoms with Crippen molar-refractivity contribution in [3.8, 4) is 6.07 Å². The Morgan fingerprint density at radius 3 is 2.71 bits per heavy atom. The van der Waals surface area contributed by atoms with Gasteiger partial charge in [0.15, 0.2) is 0 Å². The summed E-state index contributed by atoms with van der Waals surface area (Å²) in [4.78, 5) is 25.7. The van der Waals surface area contributed by atoms with Gasteiger partial charge in [-0.3, -0.25) is 4.79 Å². The van der Waals surface area contributed by atoms with E-state index in [2.05, 4.69) is 15.9 Å². The quantitative estimate of drug-likeness (QED) is 0.772. The Hall–Kier alpha value is -1.87. The lowest BCUT2D eigenvalue weighted by Gasteiger charge is -2.26. The summed E-state index contributed by atoms with van der Waals surface area (Å²) in [6, 6.07) is 6.56. The number of halogens is 1. The van der Waals surface area contributed by atoms with Crippen molar-refractivity contribution in [2.24, 2.45) is 0 Å². The van der Waals surface area contributed by atoms with Crippen LogP contribution >= 0.6 is 15.9 Å². The second kappa shape index (κ2) is 5.49. The molecule has 1 unspecified atom stereocenters. The maximum atomic E-state index is 12.4. The van der Waals surface area contributed by atoms with Crippen LogP contribution in [0.25, 0.3) is 0 Å². The van der Waals surface area contributed by atoms with Crippen LogP contribution in [0.4, 0.5) is 4.79 Å². The molecule has 0 radical (unpaired) electrons. The lowest BCUT2D eigenvalue weighted by atomic mass is 10.0. The van der Waals surface area contributed by atoms with Gasteiger partial charge in [-0.2, -0.15) is 5.26 Å². The third kappa shape index (κ3) is 3.08. The molecule has 0 saturated heterocycles. The molecule has 5 nitrogen and oxygen atoms in total. The van der Waals surface area contributed by atoms with Gasteiger partial charge in [0.25, 0.3) is 5.91 Å². The first-order valence-corrected chi connectivity index (χ1v) is 7.27. The molecule has 21 heavy (non-hydrogen) atoms. The number of benzene rings is 1. The van der Waals surface area contributed by atoms with Gasteiger partial charge in [0.1, 0.15) is 5.60 Å². The minimum atomic E-state index is -0.722. The molecule has 110 valence electrons. The molecule has 1 atom stereocenters. The topological polar surface area (TPSA) is 70.4 Å². The van der Waals surface area contributed by atoms with Crippen molar-refractivity contribution >= 4 is 27.9 Å². The molecule has 1 aromatic carbocycles. The SMILES string of the molecule is CC(C)(C)OC(=O)N1C(=O)c2ccc(Br)cc2C1CC#N. The van der Waals surface area contributed by atoms with Gasteiger partial charge >= 0.3 is 6.09 Å². The van der Waals surface area contributed by atoms with E-state index in [1.54, 1.807) is 39.0 Å². The average Bonchev–Trinajstić information content (AvgIpc) is 2.61. The monoisotopic (exact) mass is 350 g/mol. The summed E-state index contributed by atoms with van der Waals surface area (Å²) in [6.45, 7) is 5.19. The van der Waals surface area contributed by atoms with E-state index in [-0.39, 0.29) is 6.42 Å². The molecule has 1 aliphatic rings. The maximum Gasteiger partial charge on any atom is 0.417 e. The summed E-state index contributed by atoms with van der Waals surface area (Å²) in [5, 5.41) is 8.99. The molecule has 0 spiro atoms. The predicted molar refractivity (Wildman–Crippen MR) is 79.5 cm³/mol. The molecular formula is C15H15BrN2O3. The Labute approximate surface area is 131 Å². The Balaban J connectivity index is 2.41. The highest BCUT2D eigenvalue weighted by Gasteiger charge is 2.42. The van der Waals surface area contributed by atoms with Crippen molar-refractivity contribution in [3.63, 3.8) is 0 Å². The summed E-state index contributed by atoms with van der Waals surface area (Å²) in [5.74, 6) is -0.424. The highest BCUT2D eigenvalue weighted by atomic mass is 79.9. The summed E-state index contributed by atoms with van der Waals surface area (Å²) < 4.78 is 6.07. The number of nitriles is 1. The van der Waals surface area contributed by atoms with Crippen molar-refractivity contribution < 1.29 is 14.3 Å². The van der Waals surface area contributed by atoms with Gasteiger partial charge in [-0.15, -0.1) is 0 Å². The van der Waals surface area contributed by atoms with Gasteiger partial charge in [-0.25, -0.2) is 9.69 Å². The number of fused-ring (bicyclic) bond motifs is 1. The van der Waals surface area contributed by atoms with Gasteiger partial charge in [-0.05, 0) is 44.5 Å². The van der Waals surface area contributed by atoms with E-state index in [4.69, 9.17) is 10.00 Å². The van der Waals surface area contributed by atoms with E-state index in [1.807, 2.05) is 6.07 Å². The van der Waals surface area contributed by atoms with Crippen LogP contribution < -0.4 is 0 Å². The van der Waals surface area contributed by atoms with E-state index < -0.39 is 23.6 Å². The summed E-state index contributed by atoms with van der Waals surface area (Å²) in [5.41, 5.74) is 0.398. The lowest BCUT2D eigenvalue weighted by Crippen LogP contribution is -2.39.